The maximum atomic E-state index is 14.6. The zero-order valence-electron chi connectivity index (χ0n) is 24.2. The molecule has 45 heavy (non-hydrogen) atoms. The Balaban J connectivity index is 1.37. The van der Waals surface area contributed by atoms with E-state index in [1.54, 1.807) is 12.1 Å². The summed E-state index contributed by atoms with van der Waals surface area (Å²) < 4.78 is 99.4. The van der Waals surface area contributed by atoms with Crippen LogP contribution in [0.3, 0.4) is 0 Å². The first-order valence-electron chi connectivity index (χ1n) is 14.4. The topological polar surface area (TPSA) is 65.6 Å². The molecule has 1 aliphatic heterocycles. The molecule has 242 valence electrons. The van der Waals surface area contributed by atoms with Crippen LogP contribution in [0.25, 0.3) is 10.1 Å². The highest BCUT2D eigenvalue weighted by atomic mass is 32.1. The molecule has 1 saturated heterocycles. The van der Waals surface area contributed by atoms with Crippen molar-refractivity contribution in [3.63, 3.8) is 0 Å². The molecule has 6 nitrogen and oxygen atoms in total. The number of piperidine rings is 1. The van der Waals surface area contributed by atoms with E-state index in [1.165, 1.54) is 19.9 Å². The summed E-state index contributed by atoms with van der Waals surface area (Å²) in [6, 6.07) is 7.73. The molecule has 0 unspecified atom stereocenters. The fraction of sp³-hybridized carbons (Fsp3) is 0.452. The van der Waals surface area contributed by atoms with E-state index < -0.39 is 48.4 Å². The fourth-order valence-corrected chi connectivity index (χ4v) is 6.54. The van der Waals surface area contributed by atoms with Crippen molar-refractivity contribution in [3.05, 3.63) is 52.2 Å². The molecular weight excluding hydrogens is 625 g/mol. The second-order valence-corrected chi connectivity index (χ2v) is 12.1. The summed E-state index contributed by atoms with van der Waals surface area (Å²) >= 11 is 1.14. The minimum Gasteiger partial charge on any atom is -0.482 e. The summed E-state index contributed by atoms with van der Waals surface area (Å²) in [7, 11) is 1.23. The third-order valence-corrected chi connectivity index (χ3v) is 8.85. The second-order valence-electron chi connectivity index (χ2n) is 11.0. The third kappa shape index (κ3) is 8.52. The summed E-state index contributed by atoms with van der Waals surface area (Å²) in [5, 5.41) is 8.83. The number of hydrogen-bond donors (Lipinski definition) is 3. The molecule has 1 aliphatic carbocycles. The number of carbonyl (C=O) groups is 1. The van der Waals surface area contributed by atoms with Crippen molar-refractivity contribution in [1.82, 2.24) is 10.2 Å². The minimum atomic E-state index is -4.70. The van der Waals surface area contributed by atoms with Crippen molar-refractivity contribution in [1.29, 1.82) is 0 Å². The van der Waals surface area contributed by atoms with Crippen molar-refractivity contribution in [3.8, 4) is 17.6 Å². The molecule has 2 fully saturated rings. The van der Waals surface area contributed by atoms with Gasteiger partial charge in [-0.25, -0.2) is 4.39 Å². The highest BCUT2D eigenvalue weighted by Crippen LogP contribution is 2.40. The Hall–Kier alpha value is -3.70. The van der Waals surface area contributed by atoms with Crippen LogP contribution in [-0.4, -0.2) is 68.5 Å². The molecular formula is C31H31F7N4O2S. The Morgan fingerprint density at radius 3 is 2.42 bits per heavy atom. The van der Waals surface area contributed by atoms with Crippen molar-refractivity contribution >= 4 is 38.7 Å². The quantitative estimate of drug-likeness (QED) is 0.172. The van der Waals surface area contributed by atoms with Gasteiger partial charge in [0.1, 0.15) is 11.6 Å². The predicted octanol–water partition coefficient (Wildman–Crippen LogP) is 6.95. The van der Waals surface area contributed by atoms with Gasteiger partial charge in [-0.3, -0.25) is 4.79 Å². The van der Waals surface area contributed by atoms with E-state index in [-0.39, 0.29) is 28.7 Å². The number of nitrogens with one attached hydrogen (secondary N) is 3. The summed E-state index contributed by atoms with van der Waals surface area (Å²) in [6.07, 6.45) is -6.03. The number of carbonyl (C=O) groups excluding carboxylic acids is 1. The van der Waals surface area contributed by atoms with Gasteiger partial charge < -0.3 is 25.6 Å². The molecule has 0 spiro atoms. The van der Waals surface area contributed by atoms with Crippen LogP contribution < -0.4 is 20.7 Å². The molecule has 2 heterocycles. The van der Waals surface area contributed by atoms with Gasteiger partial charge in [0.15, 0.2) is 6.61 Å². The maximum Gasteiger partial charge on any atom is 0.422 e. The van der Waals surface area contributed by atoms with Crippen LogP contribution in [0.2, 0.25) is 0 Å². The Morgan fingerprint density at radius 1 is 1.04 bits per heavy atom. The van der Waals surface area contributed by atoms with Crippen LogP contribution in [0.4, 0.5) is 42.1 Å². The molecule has 14 heteroatoms. The average Bonchev–Trinajstić information content (AvgIpc) is 3.77. The van der Waals surface area contributed by atoms with Crippen LogP contribution in [0.15, 0.2) is 30.3 Å². The van der Waals surface area contributed by atoms with Crippen LogP contribution in [-0.2, 0) is 6.42 Å². The lowest BCUT2D eigenvalue weighted by Crippen LogP contribution is -2.40. The van der Waals surface area contributed by atoms with E-state index in [0.717, 1.165) is 55.1 Å². The van der Waals surface area contributed by atoms with Gasteiger partial charge >= 0.3 is 12.4 Å². The number of hydrogen-bond acceptors (Lipinski definition) is 6. The molecule has 0 bridgehead atoms. The molecule has 1 amide bonds. The van der Waals surface area contributed by atoms with Crippen molar-refractivity contribution < 1.29 is 40.3 Å². The number of halogens is 7. The fourth-order valence-electron chi connectivity index (χ4n) is 5.37. The van der Waals surface area contributed by atoms with Gasteiger partial charge in [0.25, 0.3) is 5.91 Å². The summed E-state index contributed by atoms with van der Waals surface area (Å²) in [5.74, 6) is 3.16. The Morgan fingerprint density at radius 2 is 1.78 bits per heavy atom. The predicted molar refractivity (Wildman–Crippen MR) is 160 cm³/mol. The van der Waals surface area contributed by atoms with Crippen LogP contribution in [0.5, 0.6) is 5.75 Å². The van der Waals surface area contributed by atoms with Crippen molar-refractivity contribution in [2.24, 2.45) is 0 Å². The summed E-state index contributed by atoms with van der Waals surface area (Å²) in [4.78, 5) is 14.6. The number of ether oxygens (including phenoxy) is 1. The first kappa shape index (κ1) is 32.7. The van der Waals surface area contributed by atoms with Crippen LogP contribution in [0.1, 0.15) is 46.5 Å². The number of fused-ring (bicyclic) bond motifs is 1. The number of nitrogens with zero attached hydrogens (tertiary/aromatic N) is 1. The average molecular weight is 657 g/mol. The van der Waals surface area contributed by atoms with Crippen molar-refractivity contribution in [2.75, 3.05) is 43.9 Å². The van der Waals surface area contributed by atoms with Gasteiger partial charge in [-0.2, -0.15) is 26.3 Å². The number of rotatable bonds is 9. The molecule has 1 aromatic heterocycles. The molecule has 0 atom stereocenters. The molecule has 3 aromatic rings. The zero-order chi connectivity index (χ0) is 32.4. The van der Waals surface area contributed by atoms with Gasteiger partial charge in [0.05, 0.1) is 39.5 Å². The molecule has 1 saturated carbocycles. The van der Waals surface area contributed by atoms with Gasteiger partial charge in [-0.15, -0.1) is 11.3 Å². The van der Waals surface area contributed by atoms with E-state index in [4.69, 9.17) is 4.74 Å². The van der Waals surface area contributed by atoms with Gasteiger partial charge in [-0.05, 0) is 48.8 Å². The van der Waals surface area contributed by atoms with Crippen molar-refractivity contribution in [2.45, 2.75) is 56.5 Å². The van der Waals surface area contributed by atoms with Gasteiger partial charge in [-0.1, -0.05) is 24.0 Å². The number of thiophene rings is 1. The van der Waals surface area contributed by atoms with E-state index >= 15 is 0 Å². The Labute approximate surface area is 259 Å². The third-order valence-electron chi connectivity index (χ3n) is 7.65. The smallest absolute Gasteiger partial charge is 0.422 e. The monoisotopic (exact) mass is 656 g/mol. The minimum absolute atomic E-state index is 0.0392. The van der Waals surface area contributed by atoms with E-state index in [0.29, 0.717) is 16.1 Å². The number of amides is 1. The first-order chi connectivity index (χ1) is 21.3. The first-order valence-corrected chi connectivity index (χ1v) is 15.2. The van der Waals surface area contributed by atoms with Gasteiger partial charge in [0, 0.05) is 38.3 Å². The van der Waals surface area contributed by atoms with E-state index in [2.05, 4.69) is 32.7 Å². The van der Waals surface area contributed by atoms with Crippen LogP contribution >= 0.6 is 11.3 Å². The molecule has 2 aliphatic rings. The zero-order valence-corrected chi connectivity index (χ0v) is 25.0. The van der Waals surface area contributed by atoms with Gasteiger partial charge in [0.2, 0.25) is 0 Å². The number of likely N-dealkylation sites (tertiary alicyclic amines) is 1. The Bertz CT molecular complexity index is 1600. The van der Waals surface area contributed by atoms with E-state index in [1.807, 2.05) is 6.07 Å². The SMILES string of the molecule is CNC(=O)c1cc(OCC(F)(F)F)c(NCC#Cc2sc3c(NC4CCN(C5CC5)CC4)cccc3c2CC(F)(F)F)cc1F. The lowest BCUT2D eigenvalue weighted by molar-refractivity contribution is -0.153. The lowest BCUT2D eigenvalue weighted by atomic mass is 10.0. The largest absolute Gasteiger partial charge is 0.482 e. The normalized spacial score (nSPS) is 16.3. The molecule has 2 aromatic carbocycles. The number of alkyl halides is 6. The summed E-state index contributed by atoms with van der Waals surface area (Å²) in [5.41, 5.74) is 0.0588. The second kappa shape index (κ2) is 13.3. The molecule has 5 rings (SSSR count). The van der Waals surface area contributed by atoms with E-state index in [9.17, 15) is 35.5 Å². The molecule has 3 N–H and O–H groups in total. The Kier molecular flexibility index (Phi) is 9.69. The standard InChI is InChI=1S/C31H31F7N4O2S/c1-39-29(43)21-14-26(44-17-31(36,37)38)25(15-23(21)32)40-11-3-6-27-22(16-30(33,34)35)20-4-2-5-24(28(20)45-27)41-18-9-12-42(13-10-18)19-7-8-19/h2,4-5,14-15,18-19,40-41H,7-13,16-17H2,1H3,(H,39,43). The summed E-state index contributed by atoms with van der Waals surface area (Å²) in [6.45, 7) is 0.0106. The lowest BCUT2D eigenvalue weighted by Gasteiger charge is -2.33. The maximum absolute atomic E-state index is 14.6. The number of anilines is 2. The highest BCUT2D eigenvalue weighted by Gasteiger charge is 2.33. The highest BCUT2D eigenvalue weighted by molar-refractivity contribution is 7.20. The number of benzene rings is 2. The van der Waals surface area contributed by atoms with Crippen LogP contribution in [0, 0.1) is 17.7 Å². The molecule has 0 radical (unpaired) electrons.